The highest BCUT2D eigenvalue weighted by Crippen LogP contribution is 2.28. The quantitative estimate of drug-likeness (QED) is 0.345. The standard InChI is InChI=1S/C8H16O6/c1-2-5(10)8(13)7(12)6(11)4(9)3-14-8/h4-7,9-13H,2-3H2,1H3/t4-,5?,6-,7+,8?/m1/s1/i1D. The van der Waals surface area contributed by atoms with Crippen LogP contribution in [-0.2, 0) is 4.74 Å². The molecule has 0 saturated carbocycles. The molecule has 1 aliphatic rings. The van der Waals surface area contributed by atoms with Crippen LogP contribution < -0.4 is 0 Å². The summed E-state index contributed by atoms with van der Waals surface area (Å²) in [6, 6.07) is 0. The Labute approximate surface area is 82.8 Å². The largest absolute Gasteiger partial charge is 0.388 e. The van der Waals surface area contributed by atoms with Gasteiger partial charge >= 0.3 is 0 Å². The normalized spacial score (nSPS) is 47.2. The lowest BCUT2D eigenvalue weighted by molar-refractivity contribution is -0.351. The summed E-state index contributed by atoms with van der Waals surface area (Å²) in [4.78, 5) is 0. The minimum Gasteiger partial charge on any atom is -0.388 e. The monoisotopic (exact) mass is 209 g/mol. The second-order valence-electron chi connectivity index (χ2n) is 3.37. The van der Waals surface area contributed by atoms with E-state index in [0.29, 0.717) is 0 Å². The predicted octanol–water partition coefficient (Wildman–Crippen LogP) is -2.44. The van der Waals surface area contributed by atoms with E-state index < -0.39 is 30.2 Å². The first-order chi connectivity index (χ1) is 6.93. The molecule has 14 heavy (non-hydrogen) atoms. The molecule has 1 rings (SSSR count). The zero-order chi connectivity index (χ0) is 11.6. The van der Waals surface area contributed by atoms with E-state index in [0.717, 1.165) is 0 Å². The van der Waals surface area contributed by atoms with Crippen LogP contribution in [0.2, 0.25) is 0 Å². The molecule has 0 amide bonds. The van der Waals surface area contributed by atoms with Gasteiger partial charge in [-0.25, -0.2) is 0 Å². The van der Waals surface area contributed by atoms with Gasteiger partial charge in [0.05, 0.1) is 6.61 Å². The van der Waals surface area contributed by atoms with Gasteiger partial charge in [0, 0.05) is 1.37 Å². The molecule has 0 aromatic carbocycles. The summed E-state index contributed by atoms with van der Waals surface area (Å²) in [5.74, 6) is -2.32. The second-order valence-corrected chi connectivity index (χ2v) is 3.37. The van der Waals surface area contributed by atoms with Crippen LogP contribution in [0.3, 0.4) is 0 Å². The van der Waals surface area contributed by atoms with Gasteiger partial charge in [0.2, 0.25) is 5.79 Å². The van der Waals surface area contributed by atoms with Crippen molar-refractivity contribution in [3.8, 4) is 0 Å². The molecule has 0 spiro atoms. The molecule has 1 saturated heterocycles. The van der Waals surface area contributed by atoms with Crippen molar-refractivity contribution in [1.29, 1.82) is 0 Å². The summed E-state index contributed by atoms with van der Waals surface area (Å²) in [6.07, 6.45) is -6.27. The molecule has 0 radical (unpaired) electrons. The maximum atomic E-state index is 9.75. The Balaban J connectivity index is 2.75. The summed E-state index contributed by atoms with van der Waals surface area (Å²) in [5.41, 5.74) is 0. The average molecular weight is 209 g/mol. The number of ether oxygens (including phenoxy) is 1. The summed E-state index contributed by atoms with van der Waals surface area (Å²) in [7, 11) is 0. The van der Waals surface area contributed by atoms with Crippen LogP contribution in [0.25, 0.3) is 0 Å². The van der Waals surface area contributed by atoms with Crippen LogP contribution in [0, 0.1) is 0 Å². The Hall–Kier alpha value is -0.240. The molecular weight excluding hydrogens is 192 g/mol. The van der Waals surface area contributed by atoms with Crippen molar-refractivity contribution in [2.75, 3.05) is 6.61 Å². The lowest BCUT2D eigenvalue weighted by atomic mass is 9.92. The third-order valence-corrected chi connectivity index (χ3v) is 2.38. The number of aliphatic hydroxyl groups excluding tert-OH is 4. The fourth-order valence-electron chi connectivity index (χ4n) is 1.36. The second kappa shape index (κ2) is 4.09. The maximum absolute atomic E-state index is 9.75. The molecule has 1 heterocycles. The van der Waals surface area contributed by atoms with Gasteiger partial charge in [0.25, 0.3) is 0 Å². The molecule has 6 nitrogen and oxygen atoms in total. The molecule has 5 N–H and O–H groups in total. The molecule has 1 fully saturated rings. The lowest BCUT2D eigenvalue weighted by Crippen LogP contribution is -2.65. The number of hydrogen-bond acceptors (Lipinski definition) is 6. The first-order valence-corrected chi connectivity index (χ1v) is 4.31. The van der Waals surface area contributed by atoms with Crippen molar-refractivity contribution in [2.45, 2.75) is 43.5 Å². The van der Waals surface area contributed by atoms with Crippen LogP contribution >= 0.6 is 0 Å². The van der Waals surface area contributed by atoms with Crippen molar-refractivity contribution in [2.24, 2.45) is 0 Å². The zero-order valence-electron chi connectivity index (χ0n) is 8.58. The third-order valence-electron chi connectivity index (χ3n) is 2.38. The summed E-state index contributed by atoms with van der Waals surface area (Å²) in [6.45, 7) is -0.540. The van der Waals surface area contributed by atoms with Crippen LogP contribution in [0.1, 0.15) is 14.7 Å². The maximum Gasteiger partial charge on any atom is 0.221 e. The highest BCUT2D eigenvalue weighted by atomic mass is 16.7. The van der Waals surface area contributed by atoms with E-state index in [1.807, 2.05) is 0 Å². The lowest BCUT2D eigenvalue weighted by Gasteiger charge is -2.43. The van der Waals surface area contributed by atoms with E-state index in [1.54, 1.807) is 0 Å². The first-order valence-electron chi connectivity index (χ1n) is 5.02. The fourth-order valence-corrected chi connectivity index (χ4v) is 1.36. The van der Waals surface area contributed by atoms with E-state index in [4.69, 9.17) is 11.2 Å². The molecule has 6 heteroatoms. The number of hydrogen-bond donors (Lipinski definition) is 5. The molecule has 0 aliphatic carbocycles. The molecule has 1 aliphatic heterocycles. The Morgan fingerprint density at radius 1 is 1.57 bits per heavy atom. The summed E-state index contributed by atoms with van der Waals surface area (Å²) in [5, 5.41) is 47.1. The smallest absolute Gasteiger partial charge is 0.221 e. The van der Waals surface area contributed by atoms with Crippen molar-refractivity contribution in [3.05, 3.63) is 0 Å². The van der Waals surface area contributed by atoms with E-state index in [9.17, 15) is 20.4 Å². The molecule has 2 unspecified atom stereocenters. The molecule has 0 aromatic rings. The van der Waals surface area contributed by atoms with E-state index in [-0.39, 0.29) is 19.9 Å². The SMILES string of the molecule is [2H]CCC(O)C1(O)OC[C@@H](O)[C@@H](O)[C@@H]1O. The van der Waals surface area contributed by atoms with Gasteiger partial charge in [-0.15, -0.1) is 0 Å². The van der Waals surface area contributed by atoms with Crippen LogP contribution in [-0.4, -0.2) is 62.3 Å². The van der Waals surface area contributed by atoms with Gasteiger partial charge in [0.15, 0.2) is 0 Å². The van der Waals surface area contributed by atoms with Gasteiger partial charge in [-0.2, -0.15) is 0 Å². The minimum absolute atomic E-state index is 0.101. The fraction of sp³-hybridized carbons (Fsp3) is 1.00. The topological polar surface area (TPSA) is 110 Å². The average Bonchev–Trinajstić information content (AvgIpc) is 2.21. The zero-order valence-corrected chi connectivity index (χ0v) is 7.58. The van der Waals surface area contributed by atoms with Crippen molar-refractivity contribution in [1.82, 2.24) is 0 Å². The first kappa shape index (κ1) is 10.3. The van der Waals surface area contributed by atoms with Gasteiger partial charge in [-0.3, -0.25) is 0 Å². The predicted molar refractivity (Wildman–Crippen MR) is 45.2 cm³/mol. The molecule has 0 aromatic heterocycles. The minimum atomic E-state index is -2.32. The Morgan fingerprint density at radius 3 is 2.79 bits per heavy atom. The van der Waals surface area contributed by atoms with Gasteiger partial charge < -0.3 is 30.3 Å². The Kier molecular flexibility index (Phi) is 3.01. The van der Waals surface area contributed by atoms with Crippen molar-refractivity contribution in [3.63, 3.8) is 0 Å². The Morgan fingerprint density at radius 2 is 2.21 bits per heavy atom. The third kappa shape index (κ3) is 1.77. The van der Waals surface area contributed by atoms with Crippen LogP contribution in [0.5, 0.6) is 0 Å². The van der Waals surface area contributed by atoms with Crippen molar-refractivity contribution >= 4 is 0 Å². The molecule has 5 atom stereocenters. The Bertz CT molecular complexity index is 215. The van der Waals surface area contributed by atoms with E-state index >= 15 is 0 Å². The van der Waals surface area contributed by atoms with E-state index in [2.05, 4.69) is 0 Å². The molecule has 84 valence electrons. The highest BCUT2D eigenvalue weighted by molar-refractivity contribution is 4.95. The number of rotatable bonds is 2. The van der Waals surface area contributed by atoms with Crippen LogP contribution in [0.15, 0.2) is 0 Å². The number of aliphatic hydroxyl groups is 5. The summed E-state index contributed by atoms with van der Waals surface area (Å²) >= 11 is 0. The van der Waals surface area contributed by atoms with Gasteiger partial charge in [-0.05, 0) is 6.42 Å². The highest BCUT2D eigenvalue weighted by Gasteiger charge is 2.52. The van der Waals surface area contributed by atoms with Crippen molar-refractivity contribution < 1.29 is 31.6 Å². The van der Waals surface area contributed by atoms with Gasteiger partial charge in [-0.1, -0.05) is 6.90 Å². The van der Waals surface area contributed by atoms with Crippen LogP contribution in [0.4, 0.5) is 0 Å². The van der Waals surface area contributed by atoms with Gasteiger partial charge in [0.1, 0.15) is 24.4 Å². The van der Waals surface area contributed by atoms with E-state index in [1.165, 1.54) is 0 Å². The summed E-state index contributed by atoms with van der Waals surface area (Å²) < 4.78 is 11.6. The molecule has 0 bridgehead atoms. The molecular formula is C8H16O6.